The molecule has 1 aromatic carbocycles. The highest BCUT2D eigenvalue weighted by Crippen LogP contribution is 2.34. The lowest BCUT2D eigenvalue weighted by molar-refractivity contribution is 0.102. The van der Waals surface area contributed by atoms with Crippen LogP contribution < -0.4 is 5.73 Å². The molecule has 3 nitrogen and oxygen atoms in total. The Kier molecular flexibility index (Phi) is 3.03. The summed E-state index contributed by atoms with van der Waals surface area (Å²) in [5.41, 5.74) is 9.72. The van der Waals surface area contributed by atoms with Crippen molar-refractivity contribution < 1.29 is 4.79 Å². The van der Waals surface area contributed by atoms with E-state index >= 15 is 0 Å². The maximum absolute atomic E-state index is 11.5. The molecule has 100 valence electrons. The van der Waals surface area contributed by atoms with Gasteiger partial charge in [0.05, 0.1) is 16.3 Å². The summed E-state index contributed by atoms with van der Waals surface area (Å²) in [5.74, 6) is -0.0117. The summed E-state index contributed by atoms with van der Waals surface area (Å²) in [5, 5.41) is 0.857. The Balaban J connectivity index is 2.15. The van der Waals surface area contributed by atoms with Crippen LogP contribution in [-0.2, 0) is 0 Å². The molecule has 0 unspecified atom stereocenters. The summed E-state index contributed by atoms with van der Waals surface area (Å²) in [4.78, 5) is 17.6. The Hall–Kier alpha value is -2.20. The number of nitrogens with zero attached hydrogens (tertiary/aromatic N) is 1. The second-order valence-corrected chi connectivity index (χ2v) is 5.82. The van der Waals surface area contributed by atoms with Crippen LogP contribution in [0.3, 0.4) is 0 Å². The number of Topliss-reactive ketones (excluding diaryl/α,β-unsaturated/α-hetero) is 1. The minimum Gasteiger partial charge on any atom is -0.397 e. The van der Waals surface area contributed by atoms with Gasteiger partial charge in [0.2, 0.25) is 0 Å². The van der Waals surface area contributed by atoms with Crippen molar-refractivity contribution in [3.05, 3.63) is 46.8 Å². The first-order valence-corrected chi connectivity index (χ1v) is 7.15. The fourth-order valence-electron chi connectivity index (χ4n) is 2.14. The predicted octanol–water partition coefficient (Wildman–Crippen LogP) is 4.06. The third-order valence-electron chi connectivity index (χ3n) is 3.26. The quantitative estimate of drug-likeness (QED) is 0.721. The molecule has 0 aliphatic heterocycles. The number of ketones is 1. The van der Waals surface area contributed by atoms with E-state index in [0.29, 0.717) is 10.6 Å². The zero-order chi connectivity index (χ0) is 14.3. The number of rotatable bonds is 2. The lowest BCUT2D eigenvalue weighted by Gasteiger charge is -2.01. The lowest BCUT2D eigenvalue weighted by atomic mass is 10.1. The van der Waals surface area contributed by atoms with Gasteiger partial charge in [-0.15, -0.1) is 11.3 Å². The van der Waals surface area contributed by atoms with E-state index in [9.17, 15) is 4.79 Å². The lowest BCUT2D eigenvalue weighted by Crippen LogP contribution is -1.93. The van der Waals surface area contributed by atoms with Crippen LogP contribution in [0, 0.1) is 6.92 Å². The minimum atomic E-state index is -0.0117. The van der Waals surface area contributed by atoms with Crippen molar-refractivity contribution in [3.8, 4) is 11.3 Å². The van der Waals surface area contributed by atoms with Crippen LogP contribution in [0.2, 0.25) is 0 Å². The number of pyridine rings is 1. The molecule has 20 heavy (non-hydrogen) atoms. The number of fused-ring (bicyclic) bond motifs is 1. The molecule has 0 aliphatic rings. The van der Waals surface area contributed by atoms with Crippen molar-refractivity contribution in [2.75, 3.05) is 5.73 Å². The predicted molar refractivity (Wildman–Crippen MR) is 84.2 cm³/mol. The minimum absolute atomic E-state index is 0.0117. The topological polar surface area (TPSA) is 56.0 Å². The molecule has 2 heterocycles. The van der Waals surface area contributed by atoms with Crippen LogP contribution in [0.4, 0.5) is 5.69 Å². The summed E-state index contributed by atoms with van der Waals surface area (Å²) in [6, 6.07) is 12.1. The van der Waals surface area contributed by atoms with E-state index in [-0.39, 0.29) is 5.78 Å². The van der Waals surface area contributed by atoms with E-state index in [1.165, 1.54) is 23.8 Å². The van der Waals surface area contributed by atoms with Gasteiger partial charge < -0.3 is 5.73 Å². The number of aromatic nitrogens is 1. The fourth-order valence-corrected chi connectivity index (χ4v) is 3.13. The van der Waals surface area contributed by atoms with Gasteiger partial charge in [-0.05, 0) is 19.1 Å². The maximum Gasteiger partial charge on any atom is 0.171 e. The van der Waals surface area contributed by atoms with E-state index < -0.39 is 0 Å². The van der Waals surface area contributed by atoms with Gasteiger partial charge in [0, 0.05) is 17.9 Å². The molecular formula is C16H14N2OS. The molecule has 0 spiro atoms. The Morgan fingerprint density at radius 2 is 1.85 bits per heavy atom. The van der Waals surface area contributed by atoms with E-state index in [4.69, 9.17) is 5.73 Å². The standard InChI is InChI=1S/C16H14N2OS/c1-9-3-5-11(6-4-9)13-8-7-12-14(17)15(10(2)19)20-16(12)18-13/h3-8H,17H2,1-2H3. The summed E-state index contributed by atoms with van der Waals surface area (Å²) in [6.45, 7) is 3.58. The van der Waals surface area contributed by atoms with Crippen LogP contribution in [-0.4, -0.2) is 10.8 Å². The normalized spacial score (nSPS) is 10.9. The van der Waals surface area contributed by atoms with Gasteiger partial charge in [-0.25, -0.2) is 4.98 Å². The van der Waals surface area contributed by atoms with E-state index in [1.54, 1.807) is 0 Å². The maximum atomic E-state index is 11.5. The average Bonchev–Trinajstić information content (AvgIpc) is 2.77. The SMILES string of the molecule is CC(=O)c1sc2nc(-c3ccc(C)cc3)ccc2c1N. The van der Waals surface area contributed by atoms with Crippen molar-refractivity contribution in [2.45, 2.75) is 13.8 Å². The van der Waals surface area contributed by atoms with Gasteiger partial charge in [-0.3, -0.25) is 4.79 Å². The molecule has 2 aromatic heterocycles. The first kappa shape index (κ1) is 12.8. The van der Waals surface area contributed by atoms with Crippen LogP contribution in [0.1, 0.15) is 22.2 Å². The van der Waals surface area contributed by atoms with Gasteiger partial charge in [0.1, 0.15) is 4.83 Å². The molecule has 0 bridgehead atoms. The number of nitrogens with two attached hydrogens (primary N) is 1. The van der Waals surface area contributed by atoms with Crippen molar-refractivity contribution in [3.63, 3.8) is 0 Å². The Morgan fingerprint density at radius 1 is 1.15 bits per heavy atom. The second kappa shape index (κ2) is 4.72. The highest BCUT2D eigenvalue weighted by molar-refractivity contribution is 7.21. The summed E-state index contributed by atoms with van der Waals surface area (Å²) >= 11 is 1.36. The number of hydrogen-bond acceptors (Lipinski definition) is 4. The van der Waals surface area contributed by atoms with Crippen LogP contribution in [0.15, 0.2) is 36.4 Å². The number of nitrogen functional groups attached to an aromatic ring is 1. The molecule has 4 heteroatoms. The zero-order valence-corrected chi connectivity index (χ0v) is 12.1. The molecule has 0 amide bonds. The third kappa shape index (κ3) is 2.08. The monoisotopic (exact) mass is 282 g/mol. The highest BCUT2D eigenvalue weighted by atomic mass is 32.1. The van der Waals surface area contributed by atoms with Gasteiger partial charge in [0.15, 0.2) is 5.78 Å². The van der Waals surface area contributed by atoms with Crippen molar-refractivity contribution in [1.29, 1.82) is 0 Å². The molecule has 0 saturated carbocycles. The largest absolute Gasteiger partial charge is 0.397 e. The average molecular weight is 282 g/mol. The van der Waals surface area contributed by atoms with Gasteiger partial charge in [-0.1, -0.05) is 29.8 Å². The zero-order valence-electron chi connectivity index (χ0n) is 11.3. The summed E-state index contributed by atoms with van der Waals surface area (Å²) in [6.07, 6.45) is 0. The molecular weight excluding hydrogens is 268 g/mol. The van der Waals surface area contributed by atoms with E-state index in [2.05, 4.69) is 24.0 Å². The molecule has 0 atom stereocenters. The molecule has 0 fully saturated rings. The molecule has 0 saturated heterocycles. The highest BCUT2D eigenvalue weighted by Gasteiger charge is 2.14. The number of carbonyl (C=O) groups excluding carboxylic acids is 1. The van der Waals surface area contributed by atoms with Gasteiger partial charge in [0.25, 0.3) is 0 Å². The molecule has 3 aromatic rings. The van der Waals surface area contributed by atoms with Crippen molar-refractivity contribution in [1.82, 2.24) is 4.98 Å². The third-order valence-corrected chi connectivity index (χ3v) is 4.48. The molecule has 2 N–H and O–H groups in total. The van der Waals surface area contributed by atoms with Crippen LogP contribution >= 0.6 is 11.3 Å². The fraction of sp³-hybridized carbons (Fsp3) is 0.125. The number of carbonyl (C=O) groups is 1. The first-order chi connectivity index (χ1) is 9.56. The van der Waals surface area contributed by atoms with Gasteiger partial charge in [-0.2, -0.15) is 0 Å². The Labute approximate surface area is 121 Å². The van der Waals surface area contributed by atoms with Crippen LogP contribution in [0.5, 0.6) is 0 Å². The molecule has 0 radical (unpaired) electrons. The number of aryl methyl sites for hydroxylation is 1. The van der Waals surface area contributed by atoms with E-state index in [1.807, 2.05) is 24.3 Å². The number of hydrogen-bond donors (Lipinski definition) is 1. The molecule has 3 rings (SSSR count). The number of benzene rings is 1. The Bertz CT molecular complexity index is 803. The van der Waals surface area contributed by atoms with Crippen LogP contribution in [0.25, 0.3) is 21.5 Å². The summed E-state index contributed by atoms with van der Waals surface area (Å²) in [7, 11) is 0. The smallest absolute Gasteiger partial charge is 0.171 e. The number of thiophene rings is 1. The summed E-state index contributed by atoms with van der Waals surface area (Å²) < 4.78 is 0. The van der Waals surface area contributed by atoms with Crippen molar-refractivity contribution in [2.24, 2.45) is 0 Å². The van der Waals surface area contributed by atoms with E-state index in [0.717, 1.165) is 21.5 Å². The second-order valence-electron chi connectivity index (χ2n) is 4.82. The van der Waals surface area contributed by atoms with Gasteiger partial charge >= 0.3 is 0 Å². The molecule has 0 aliphatic carbocycles. The first-order valence-electron chi connectivity index (χ1n) is 6.33. The Morgan fingerprint density at radius 3 is 2.50 bits per heavy atom. The van der Waals surface area contributed by atoms with Crippen molar-refractivity contribution >= 4 is 33.0 Å². The number of anilines is 1.